The smallest absolute Gasteiger partial charge is 0.253 e. The number of carbonyl (C=O) groups is 1. The van der Waals surface area contributed by atoms with Crippen LogP contribution in [0.1, 0.15) is 78.2 Å². The van der Waals surface area contributed by atoms with E-state index in [0.29, 0.717) is 17.5 Å². The molecule has 1 aliphatic heterocycles. The molecule has 4 heteroatoms. The van der Waals surface area contributed by atoms with E-state index in [1.807, 2.05) is 26.0 Å². The van der Waals surface area contributed by atoms with E-state index in [1.54, 1.807) is 0 Å². The van der Waals surface area contributed by atoms with Gasteiger partial charge in [0.15, 0.2) is 0 Å². The van der Waals surface area contributed by atoms with Crippen molar-refractivity contribution in [2.75, 3.05) is 25.0 Å². The first-order chi connectivity index (χ1) is 16.4. The molecule has 3 rings (SSSR count). The summed E-state index contributed by atoms with van der Waals surface area (Å²) in [4.78, 5) is 18.1. The molecular weight excluding hydrogens is 418 g/mol. The molecule has 0 spiro atoms. The van der Waals surface area contributed by atoms with Crippen LogP contribution < -0.4 is 10.2 Å². The van der Waals surface area contributed by atoms with Crippen LogP contribution in [0.4, 0.5) is 5.69 Å². The summed E-state index contributed by atoms with van der Waals surface area (Å²) in [6, 6.07) is 8.90. The molecule has 1 aromatic rings. The number of anilines is 1. The van der Waals surface area contributed by atoms with Crippen molar-refractivity contribution in [3.63, 3.8) is 0 Å². The fraction of sp³-hybridized carbons (Fsp3) is 0.567. The first kappa shape index (κ1) is 27.9. The molecule has 0 radical (unpaired) electrons. The van der Waals surface area contributed by atoms with E-state index in [1.165, 1.54) is 37.8 Å². The van der Waals surface area contributed by atoms with Crippen LogP contribution in [0.25, 0.3) is 5.57 Å². The standard InChI is InChI=1S/C28H41N3O.C2H6/c1-6-13-23(18-21(3)19-30(5)7-2)29-28(32)26-20-31(24-14-9-8-10-15-24)27-17-12-11-16-25(27)22(26)4;1-2/h6,11-12,16-17,20-21,23-24H,1,4,7-10,13-15,18-19H2,2-3,5H3,(H,29,32);1-2H3. The summed E-state index contributed by atoms with van der Waals surface area (Å²) in [5.74, 6) is 0.474. The van der Waals surface area contributed by atoms with Crippen molar-refractivity contribution in [3.8, 4) is 0 Å². The van der Waals surface area contributed by atoms with Gasteiger partial charge in [-0.15, -0.1) is 6.58 Å². The lowest BCUT2D eigenvalue weighted by molar-refractivity contribution is -0.117. The molecule has 1 N–H and O–H groups in total. The van der Waals surface area contributed by atoms with Gasteiger partial charge in [-0.05, 0) is 56.8 Å². The van der Waals surface area contributed by atoms with Crippen LogP contribution in [0.5, 0.6) is 0 Å². The quantitative estimate of drug-likeness (QED) is 0.386. The maximum Gasteiger partial charge on any atom is 0.253 e. The SMILES string of the molecule is C=CCC(CC(C)CN(C)CC)NC(=O)C1=CN(C2CCCCC2)c2ccccc2C1=C.CC. The van der Waals surface area contributed by atoms with Gasteiger partial charge in [-0.2, -0.15) is 0 Å². The number of hydrogen-bond donors (Lipinski definition) is 1. The van der Waals surface area contributed by atoms with Gasteiger partial charge >= 0.3 is 0 Å². The largest absolute Gasteiger partial charge is 0.349 e. The average Bonchev–Trinajstić information content (AvgIpc) is 2.86. The van der Waals surface area contributed by atoms with Gasteiger partial charge in [0.2, 0.25) is 0 Å². The Hall–Kier alpha value is -2.33. The summed E-state index contributed by atoms with van der Waals surface area (Å²) < 4.78 is 0. The van der Waals surface area contributed by atoms with E-state index in [9.17, 15) is 4.79 Å². The van der Waals surface area contributed by atoms with Crippen molar-refractivity contribution in [1.82, 2.24) is 10.2 Å². The first-order valence-electron chi connectivity index (χ1n) is 13.3. The van der Waals surface area contributed by atoms with Crippen LogP contribution >= 0.6 is 0 Å². The minimum Gasteiger partial charge on any atom is -0.349 e. The second-order valence-electron chi connectivity index (χ2n) is 9.63. The van der Waals surface area contributed by atoms with Crippen LogP contribution in [0.2, 0.25) is 0 Å². The fourth-order valence-electron chi connectivity index (χ4n) is 5.14. The first-order valence-corrected chi connectivity index (χ1v) is 13.3. The highest BCUT2D eigenvalue weighted by Gasteiger charge is 2.30. The minimum absolute atomic E-state index is 0.0202. The molecule has 1 aromatic carbocycles. The number of nitrogens with one attached hydrogen (secondary N) is 1. The highest BCUT2D eigenvalue weighted by molar-refractivity contribution is 6.11. The van der Waals surface area contributed by atoms with Gasteiger partial charge in [-0.1, -0.05) is 77.8 Å². The molecule has 2 unspecified atom stereocenters. The van der Waals surface area contributed by atoms with Crippen molar-refractivity contribution in [3.05, 3.63) is 60.8 Å². The molecule has 4 nitrogen and oxygen atoms in total. The normalized spacial score (nSPS) is 17.8. The number of rotatable bonds is 10. The van der Waals surface area contributed by atoms with Gasteiger partial charge in [0.05, 0.1) is 5.57 Å². The summed E-state index contributed by atoms with van der Waals surface area (Å²) in [6.07, 6.45) is 11.9. The Labute approximate surface area is 208 Å². The van der Waals surface area contributed by atoms with Gasteiger partial charge in [-0.3, -0.25) is 4.79 Å². The predicted octanol–water partition coefficient (Wildman–Crippen LogP) is 6.80. The number of fused-ring (bicyclic) bond motifs is 1. The predicted molar refractivity (Wildman–Crippen MR) is 148 cm³/mol. The molecule has 0 aromatic heterocycles. The second-order valence-corrected chi connectivity index (χ2v) is 9.63. The van der Waals surface area contributed by atoms with Gasteiger partial charge in [0.25, 0.3) is 5.91 Å². The van der Waals surface area contributed by atoms with Crippen LogP contribution in [0.15, 0.2) is 55.3 Å². The molecule has 34 heavy (non-hydrogen) atoms. The molecule has 1 heterocycles. The van der Waals surface area contributed by atoms with Crippen molar-refractivity contribution >= 4 is 17.2 Å². The number of benzene rings is 1. The molecule has 0 bridgehead atoms. The van der Waals surface area contributed by atoms with E-state index in [-0.39, 0.29) is 11.9 Å². The van der Waals surface area contributed by atoms with Crippen LogP contribution in [0.3, 0.4) is 0 Å². The lowest BCUT2D eigenvalue weighted by atomic mass is 9.89. The van der Waals surface area contributed by atoms with Gasteiger partial charge in [0, 0.05) is 36.1 Å². The van der Waals surface area contributed by atoms with E-state index in [2.05, 4.69) is 73.6 Å². The van der Waals surface area contributed by atoms with Crippen molar-refractivity contribution in [2.24, 2.45) is 5.92 Å². The van der Waals surface area contributed by atoms with Crippen molar-refractivity contribution in [1.29, 1.82) is 0 Å². The Balaban J connectivity index is 0.00000199. The van der Waals surface area contributed by atoms with E-state index < -0.39 is 0 Å². The highest BCUT2D eigenvalue weighted by atomic mass is 16.1. The van der Waals surface area contributed by atoms with E-state index >= 15 is 0 Å². The summed E-state index contributed by atoms with van der Waals surface area (Å²) in [6.45, 7) is 18.7. The number of para-hydroxylation sites is 1. The summed E-state index contributed by atoms with van der Waals surface area (Å²) in [7, 11) is 2.14. The third-order valence-corrected chi connectivity index (χ3v) is 6.95. The minimum atomic E-state index is -0.0202. The lowest BCUT2D eigenvalue weighted by Gasteiger charge is -2.38. The van der Waals surface area contributed by atoms with Crippen LogP contribution in [-0.4, -0.2) is 43.0 Å². The Kier molecular flexibility index (Phi) is 11.6. The Morgan fingerprint density at radius 2 is 1.91 bits per heavy atom. The summed E-state index contributed by atoms with van der Waals surface area (Å²) >= 11 is 0. The van der Waals surface area contributed by atoms with Crippen molar-refractivity contribution in [2.45, 2.75) is 84.7 Å². The molecule has 2 atom stereocenters. The third-order valence-electron chi connectivity index (χ3n) is 6.95. The van der Waals surface area contributed by atoms with Crippen molar-refractivity contribution < 1.29 is 4.79 Å². The molecular formula is C30H47N3O. The number of carbonyl (C=O) groups excluding carboxylic acids is 1. The highest BCUT2D eigenvalue weighted by Crippen LogP contribution is 2.39. The molecule has 1 amide bonds. The van der Waals surface area contributed by atoms with Crippen LogP contribution in [0, 0.1) is 5.92 Å². The van der Waals surface area contributed by atoms with Gasteiger partial charge in [-0.25, -0.2) is 0 Å². The molecule has 1 fully saturated rings. The topological polar surface area (TPSA) is 35.6 Å². The lowest BCUT2D eigenvalue weighted by Crippen LogP contribution is -2.41. The molecule has 0 saturated heterocycles. The molecule has 1 saturated carbocycles. The Bertz CT molecular complexity index is 837. The van der Waals surface area contributed by atoms with Gasteiger partial charge < -0.3 is 15.1 Å². The summed E-state index contributed by atoms with van der Waals surface area (Å²) in [5, 5.41) is 3.31. The third kappa shape index (κ3) is 7.33. The number of hydrogen-bond acceptors (Lipinski definition) is 3. The molecule has 2 aliphatic rings. The van der Waals surface area contributed by atoms with Crippen LogP contribution in [-0.2, 0) is 4.79 Å². The van der Waals surface area contributed by atoms with E-state index in [4.69, 9.17) is 0 Å². The maximum absolute atomic E-state index is 13.5. The second kappa shape index (κ2) is 14.2. The summed E-state index contributed by atoms with van der Waals surface area (Å²) in [5.41, 5.74) is 3.77. The Morgan fingerprint density at radius 1 is 1.24 bits per heavy atom. The number of amides is 1. The average molecular weight is 466 g/mol. The zero-order valence-electron chi connectivity index (χ0n) is 22.3. The zero-order chi connectivity index (χ0) is 25.1. The van der Waals surface area contributed by atoms with E-state index in [0.717, 1.165) is 37.1 Å². The van der Waals surface area contributed by atoms with Gasteiger partial charge in [0.1, 0.15) is 0 Å². The Morgan fingerprint density at radius 3 is 2.56 bits per heavy atom. The zero-order valence-corrected chi connectivity index (χ0v) is 22.3. The fourth-order valence-corrected chi connectivity index (χ4v) is 5.14. The molecule has 188 valence electrons. The number of nitrogens with zero attached hydrogens (tertiary/aromatic N) is 2. The molecule has 1 aliphatic carbocycles. The monoisotopic (exact) mass is 465 g/mol. The maximum atomic E-state index is 13.5.